The Morgan fingerprint density at radius 2 is 1.76 bits per heavy atom. The zero-order valence-electron chi connectivity index (χ0n) is 13.0. The first-order chi connectivity index (χ1) is 10.1. The Bertz CT molecular complexity index is 462. The summed E-state index contributed by atoms with van der Waals surface area (Å²) in [7, 11) is 5.41. The van der Waals surface area contributed by atoms with Gasteiger partial charge in [0.2, 0.25) is 0 Å². The molecule has 0 bridgehead atoms. The van der Waals surface area contributed by atoms with Crippen molar-refractivity contribution in [1.82, 2.24) is 9.80 Å². The Balaban J connectivity index is 1.89. The van der Waals surface area contributed by atoms with E-state index in [0.717, 1.165) is 50.7 Å². The molecular formula is C15H24ClN3O2. The lowest BCUT2D eigenvalue weighted by Gasteiger charge is -2.32. The van der Waals surface area contributed by atoms with Crippen molar-refractivity contribution in [1.29, 1.82) is 0 Å². The molecule has 0 saturated carbocycles. The molecule has 6 heteroatoms. The fourth-order valence-corrected chi connectivity index (χ4v) is 2.66. The van der Waals surface area contributed by atoms with E-state index in [1.165, 1.54) is 0 Å². The van der Waals surface area contributed by atoms with E-state index in [1.54, 1.807) is 20.3 Å². The Morgan fingerprint density at radius 3 is 2.38 bits per heavy atom. The largest absolute Gasteiger partial charge is 0.495 e. The minimum Gasteiger partial charge on any atom is -0.495 e. The quantitative estimate of drug-likeness (QED) is 0.869. The van der Waals surface area contributed by atoms with Gasteiger partial charge in [0.05, 0.1) is 24.9 Å². The van der Waals surface area contributed by atoms with E-state index < -0.39 is 0 Å². The maximum absolute atomic E-state index is 6.17. The Kier molecular flexibility index (Phi) is 5.96. The lowest BCUT2D eigenvalue weighted by molar-refractivity contribution is 0.158. The summed E-state index contributed by atoms with van der Waals surface area (Å²) in [4.78, 5) is 4.82. The van der Waals surface area contributed by atoms with Gasteiger partial charge in [-0.2, -0.15) is 0 Å². The van der Waals surface area contributed by atoms with Gasteiger partial charge >= 0.3 is 0 Å². The van der Waals surface area contributed by atoms with Gasteiger partial charge in [-0.15, -0.1) is 0 Å². The number of likely N-dealkylation sites (N-methyl/N-ethyl adjacent to an activating group) is 1. The molecule has 5 nitrogen and oxygen atoms in total. The number of rotatable bonds is 6. The molecule has 0 aliphatic carbocycles. The van der Waals surface area contributed by atoms with Gasteiger partial charge in [-0.3, -0.25) is 4.90 Å². The zero-order valence-corrected chi connectivity index (χ0v) is 13.7. The average molecular weight is 314 g/mol. The maximum atomic E-state index is 6.17. The summed E-state index contributed by atoms with van der Waals surface area (Å²) in [6.07, 6.45) is 0. The van der Waals surface area contributed by atoms with E-state index in [1.807, 2.05) is 6.07 Å². The summed E-state index contributed by atoms with van der Waals surface area (Å²) in [5.74, 6) is 1.37. The van der Waals surface area contributed by atoms with Crippen LogP contribution in [0.25, 0.3) is 0 Å². The van der Waals surface area contributed by atoms with Gasteiger partial charge in [0.1, 0.15) is 11.5 Å². The van der Waals surface area contributed by atoms with Crippen molar-refractivity contribution in [2.24, 2.45) is 0 Å². The van der Waals surface area contributed by atoms with Crippen molar-refractivity contribution in [3.8, 4) is 11.5 Å². The van der Waals surface area contributed by atoms with Gasteiger partial charge in [-0.05, 0) is 13.1 Å². The van der Waals surface area contributed by atoms with Crippen LogP contribution in [-0.2, 0) is 0 Å². The average Bonchev–Trinajstić information content (AvgIpc) is 2.49. The third-order valence-electron chi connectivity index (χ3n) is 3.81. The molecule has 1 aromatic rings. The number of nitrogens with zero attached hydrogens (tertiary/aromatic N) is 2. The molecular weight excluding hydrogens is 290 g/mol. The number of halogens is 1. The normalized spacial score (nSPS) is 16.8. The van der Waals surface area contributed by atoms with Crippen LogP contribution in [0.2, 0.25) is 5.02 Å². The van der Waals surface area contributed by atoms with E-state index in [-0.39, 0.29) is 0 Å². The minimum absolute atomic E-state index is 0.584. The number of piperazine rings is 1. The van der Waals surface area contributed by atoms with Crippen molar-refractivity contribution in [3.63, 3.8) is 0 Å². The summed E-state index contributed by atoms with van der Waals surface area (Å²) < 4.78 is 10.6. The first kappa shape index (κ1) is 16.2. The highest BCUT2D eigenvalue weighted by molar-refractivity contribution is 6.32. The Labute approximate surface area is 131 Å². The van der Waals surface area contributed by atoms with Gasteiger partial charge in [-0.1, -0.05) is 11.6 Å². The monoisotopic (exact) mass is 313 g/mol. The summed E-state index contributed by atoms with van der Waals surface area (Å²) in [5, 5.41) is 3.98. The van der Waals surface area contributed by atoms with Crippen LogP contribution in [0.4, 0.5) is 5.69 Å². The molecule has 0 spiro atoms. The van der Waals surface area contributed by atoms with Crippen LogP contribution in [-0.4, -0.2) is 70.3 Å². The number of methoxy groups -OCH3 is 2. The van der Waals surface area contributed by atoms with Crippen LogP contribution < -0.4 is 14.8 Å². The standard InChI is InChI=1S/C15H24ClN3O2/c1-18-6-8-19(9-7-18)5-4-17-13-10-12(16)14(20-2)11-15(13)21-3/h10-11,17H,4-9H2,1-3H3. The van der Waals surface area contributed by atoms with Gasteiger partial charge in [0, 0.05) is 45.3 Å². The maximum Gasteiger partial charge on any atom is 0.145 e. The van der Waals surface area contributed by atoms with E-state index in [2.05, 4.69) is 22.2 Å². The van der Waals surface area contributed by atoms with E-state index in [0.29, 0.717) is 10.8 Å². The first-order valence-corrected chi connectivity index (χ1v) is 7.58. The number of hydrogen-bond acceptors (Lipinski definition) is 5. The van der Waals surface area contributed by atoms with Gasteiger partial charge in [0.25, 0.3) is 0 Å². The van der Waals surface area contributed by atoms with Crippen molar-refractivity contribution in [3.05, 3.63) is 17.2 Å². The SMILES string of the molecule is COc1cc(OC)c(NCCN2CCN(C)CC2)cc1Cl. The molecule has 1 fully saturated rings. The molecule has 0 radical (unpaired) electrons. The molecule has 0 amide bonds. The van der Waals surface area contributed by atoms with Crippen LogP contribution in [0.1, 0.15) is 0 Å². The molecule has 1 aliphatic rings. The molecule has 1 heterocycles. The van der Waals surface area contributed by atoms with Gasteiger partial charge in [-0.25, -0.2) is 0 Å². The zero-order chi connectivity index (χ0) is 15.2. The smallest absolute Gasteiger partial charge is 0.145 e. The molecule has 118 valence electrons. The van der Waals surface area contributed by atoms with Crippen LogP contribution in [0, 0.1) is 0 Å². The summed E-state index contributed by atoms with van der Waals surface area (Å²) in [6.45, 7) is 6.40. The highest BCUT2D eigenvalue weighted by Gasteiger charge is 2.14. The number of anilines is 1. The van der Waals surface area contributed by atoms with Gasteiger partial charge in [0.15, 0.2) is 0 Å². The second-order valence-corrected chi connectivity index (χ2v) is 5.67. The topological polar surface area (TPSA) is 37.0 Å². The lowest BCUT2D eigenvalue weighted by Crippen LogP contribution is -2.45. The third kappa shape index (κ3) is 4.40. The third-order valence-corrected chi connectivity index (χ3v) is 4.11. The molecule has 21 heavy (non-hydrogen) atoms. The predicted octanol–water partition coefficient (Wildman–Crippen LogP) is 2.02. The second kappa shape index (κ2) is 7.73. The fourth-order valence-electron chi connectivity index (χ4n) is 2.42. The number of nitrogens with one attached hydrogen (secondary N) is 1. The van der Waals surface area contributed by atoms with Gasteiger partial charge < -0.3 is 19.7 Å². The fraction of sp³-hybridized carbons (Fsp3) is 0.600. The minimum atomic E-state index is 0.584. The highest BCUT2D eigenvalue weighted by atomic mass is 35.5. The van der Waals surface area contributed by atoms with E-state index >= 15 is 0 Å². The Hall–Kier alpha value is -1.17. The molecule has 0 aromatic heterocycles. The Morgan fingerprint density at radius 1 is 1.10 bits per heavy atom. The van der Waals surface area contributed by atoms with Crippen LogP contribution >= 0.6 is 11.6 Å². The summed E-state index contributed by atoms with van der Waals surface area (Å²) in [6, 6.07) is 3.66. The van der Waals surface area contributed by atoms with Crippen LogP contribution in [0.5, 0.6) is 11.5 Å². The number of hydrogen-bond donors (Lipinski definition) is 1. The molecule has 0 atom stereocenters. The number of benzene rings is 1. The summed E-state index contributed by atoms with van der Waals surface area (Å²) >= 11 is 6.17. The molecule has 2 rings (SSSR count). The van der Waals surface area contributed by atoms with Crippen molar-refractivity contribution in [2.45, 2.75) is 0 Å². The highest BCUT2D eigenvalue weighted by Crippen LogP contribution is 2.35. The van der Waals surface area contributed by atoms with Crippen LogP contribution in [0.15, 0.2) is 12.1 Å². The van der Waals surface area contributed by atoms with Crippen LogP contribution in [0.3, 0.4) is 0 Å². The predicted molar refractivity (Wildman–Crippen MR) is 87.0 cm³/mol. The summed E-state index contributed by atoms with van der Waals surface area (Å²) in [5.41, 5.74) is 0.900. The molecule has 0 unspecified atom stereocenters. The second-order valence-electron chi connectivity index (χ2n) is 5.26. The van der Waals surface area contributed by atoms with E-state index in [9.17, 15) is 0 Å². The molecule has 1 aromatic carbocycles. The number of ether oxygens (including phenoxy) is 2. The lowest BCUT2D eigenvalue weighted by atomic mass is 10.2. The molecule has 1 N–H and O–H groups in total. The first-order valence-electron chi connectivity index (χ1n) is 7.20. The van der Waals surface area contributed by atoms with E-state index in [4.69, 9.17) is 21.1 Å². The molecule has 1 aliphatic heterocycles. The van der Waals surface area contributed by atoms with Crippen molar-refractivity contribution in [2.75, 3.05) is 65.9 Å². The van der Waals surface area contributed by atoms with Crippen molar-refractivity contribution >= 4 is 17.3 Å². The van der Waals surface area contributed by atoms with Crippen molar-refractivity contribution < 1.29 is 9.47 Å². The molecule has 1 saturated heterocycles.